The topological polar surface area (TPSA) is 71.2 Å². The molecule has 0 aliphatic carbocycles. The molecule has 2 aromatic heterocycles. The molecule has 6 heteroatoms. The molecule has 2 unspecified atom stereocenters. The van der Waals surface area contributed by atoms with Crippen molar-refractivity contribution in [1.82, 2.24) is 19.7 Å². The van der Waals surface area contributed by atoms with Crippen molar-refractivity contribution in [2.24, 2.45) is 5.92 Å². The minimum atomic E-state index is -0.0837. The molecule has 0 bridgehead atoms. The maximum Gasteiger partial charge on any atom is 0.272 e. The summed E-state index contributed by atoms with van der Waals surface area (Å²) in [4.78, 5) is 18.8. The molecule has 0 spiro atoms. The van der Waals surface area contributed by atoms with Crippen molar-refractivity contribution in [3.05, 3.63) is 42.5 Å². The molecule has 0 saturated carbocycles. The van der Waals surface area contributed by atoms with Gasteiger partial charge in [0.25, 0.3) is 5.91 Å². The molecule has 2 aromatic rings. The third kappa shape index (κ3) is 2.87. The van der Waals surface area contributed by atoms with Gasteiger partial charge in [0.05, 0.1) is 5.69 Å². The summed E-state index contributed by atoms with van der Waals surface area (Å²) in [6.45, 7) is 2.75. The van der Waals surface area contributed by atoms with Gasteiger partial charge in [-0.25, -0.2) is 4.68 Å². The van der Waals surface area contributed by atoms with Crippen LogP contribution < -0.4 is 0 Å². The number of aliphatic hydroxyl groups excluding tert-OH is 1. The van der Waals surface area contributed by atoms with Crippen molar-refractivity contribution >= 4 is 5.91 Å². The van der Waals surface area contributed by atoms with Crippen LogP contribution >= 0.6 is 0 Å². The lowest BCUT2D eigenvalue weighted by Crippen LogP contribution is -2.46. The van der Waals surface area contributed by atoms with Gasteiger partial charge in [-0.15, -0.1) is 0 Å². The first-order valence-electron chi connectivity index (χ1n) is 7.57. The number of rotatable bonds is 3. The van der Waals surface area contributed by atoms with E-state index in [0.29, 0.717) is 12.2 Å². The number of carbonyl (C=O) groups excluding carboxylic acids is 1. The van der Waals surface area contributed by atoms with E-state index in [9.17, 15) is 9.90 Å². The molecule has 22 heavy (non-hydrogen) atoms. The number of hydrogen-bond acceptors (Lipinski definition) is 4. The summed E-state index contributed by atoms with van der Waals surface area (Å²) >= 11 is 0. The molecule has 6 nitrogen and oxygen atoms in total. The van der Waals surface area contributed by atoms with E-state index in [0.717, 1.165) is 18.5 Å². The largest absolute Gasteiger partial charge is 0.396 e. The number of pyridine rings is 1. The average molecular weight is 300 g/mol. The highest BCUT2D eigenvalue weighted by molar-refractivity contribution is 5.93. The summed E-state index contributed by atoms with van der Waals surface area (Å²) in [7, 11) is 0. The normalized spacial score (nSPS) is 21.8. The number of amides is 1. The Morgan fingerprint density at radius 1 is 1.41 bits per heavy atom. The van der Waals surface area contributed by atoms with Crippen LogP contribution in [0.2, 0.25) is 0 Å². The summed E-state index contributed by atoms with van der Waals surface area (Å²) in [5.41, 5.74) is 1.23. The van der Waals surface area contributed by atoms with Crippen LogP contribution in [-0.2, 0) is 0 Å². The van der Waals surface area contributed by atoms with Gasteiger partial charge in [0.2, 0.25) is 0 Å². The number of nitrogens with zero attached hydrogens (tertiary/aromatic N) is 4. The molecule has 1 saturated heterocycles. The summed E-state index contributed by atoms with van der Waals surface area (Å²) in [6, 6.07) is 5.58. The molecule has 1 aliphatic heterocycles. The van der Waals surface area contributed by atoms with E-state index in [1.54, 1.807) is 23.1 Å². The quantitative estimate of drug-likeness (QED) is 0.932. The Kier molecular flexibility index (Phi) is 4.20. The number of aliphatic hydroxyl groups is 1. The van der Waals surface area contributed by atoms with Gasteiger partial charge >= 0.3 is 0 Å². The Morgan fingerprint density at radius 3 is 3.00 bits per heavy atom. The number of carbonyl (C=O) groups is 1. The highest BCUT2D eigenvalue weighted by atomic mass is 16.3. The average Bonchev–Trinajstić information content (AvgIpc) is 3.09. The van der Waals surface area contributed by atoms with Gasteiger partial charge in [-0.1, -0.05) is 0 Å². The first-order chi connectivity index (χ1) is 10.7. The van der Waals surface area contributed by atoms with E-state index < -0.39 is 0 Å². The number of aromatic nitrogens is 3. The maximum absolute atomic E-state index is 12.7. The fourth-order valence-electron chi connectivity index (χ4n) is 2.86. The molecular weight excluding hydrogens is 280 g/mol. The van der Waals surface area contributed by atoms with Crippen LogP contribution in [0, 0.1) is 5.92 Å². The van der Waals surface area contributed by atoms with Crippen LogP contribution in [-0.4, -0.2) is 49.9 Å². The van der Waals surface area contributed by atoms with Crippen molar-refractivity contribution < 1.29 is 9.90 Å². The van der Waals surface area contributed by atoms with E-state index in [4.69, 9.17) is 0 Å². The second kappa shape index (κ2) is 6.27. The van der Waals surface area contributed by atoms with Crippen LogP contribution in [0.5, 0.6) is 0 Å². The lowest BCUT2D eigenvalue weighted by molar-refractivity contribution is 0.0483. The summed E-state index contributed by atoms with van der Waals surface area (Å²) in [5.74, 6) is 0.0779. The summed E-state index contributed by atoms with van der Waals surface area (Å²) < 4.78 is 1.70. The zero-order valence-electron chi connectivity index (χ0n) is 12.6. The van der Waals surface area contributed by atoms with E-state index in [-0.39, 0.29) is 24.5 Å². The molecule has 0 radical (unpaired) electrons. The lowest BCUT2D eigenvalue weighted by Gasteiger charge is -2.37. The van der Waals surface area contributed by atoms with Crippen molar-refractivity contribution in [3.8, 4) is 5.69 Å². The van der Waals surface area contributed by atoms with Gasteiger partial charge in [-0.3, -0.25) is 9.78 Å². The van der Waals surface area contributed by atoms with Crippen LogP contribution in [0.3, 0.4) is 0 Å². The monoisotopic (exact) mass is 300 g/mol. The zero-order valence-corrected chi connectivity index (χ0v) is 12.6. The van der Waals surface area contributed by atoms with Crippen molar-refractivity contribution in [1.29, 1.82) is 0 Å². The number of hydrogen-bond donors (Lipinski definition) is 1. The van der Waals surface area contributed by atoms with Gasteiger partial charge < -0.3 is 10.0 Å². The second-order valence-electron chi connectivity index (χ2n) is 5.78. The first kappa shape index (κ1) is 14.7. The molecule has 116 valence electrons. The zero-order chi connectivity index (χ0) is 15.5. The Morgan fingerprint density at radius 2 is 2.27 bits per heavy atom. The van der Waals surface area contributed by atoms with Gasteiger partial charge in [0, 0.05) is 37.8 Å². The fraction of sp³-hybridized carbons (Fsp3) is 0.438. The molecule has 1 amide bonds. The summed E-state index contributed by atoms with van der Waals surface area (Å²) in [6.07, 6.45) is 7.02. The minimum Gasteiger partial charge on any atom is -0.396 e. The van der Waals surface area contributed by atoms with Gasteiger partial charge in [0.15, 0.2) is 0 Å². The Balaban J connectivity index is 1.84. The standard InChI is InChI=1S/C16H20N4O2/c1-12-3-4-13(11-21)10-19(12)16(22)15-9-14(5-7-17-15)20-8-2-6-18-20/h2,5-9,12-13,21H,3-4,10-11H2,1H3. The molecule has 3 rings (SSSR count). The van der Waals surface area contributed by atoms with E-state index in [2.05, 4.69) is 10.1 Å². The Bertz CT molecular complexity index is 641. The smallest absolute Gasteiger partial charge is 0.272 e. The van der Waals surface area contributed by atoms with E-state index in [1.807, 2.05) is 30.2 Å². The Labute approximate surface area is 129 Å². The predicted molar refractivity (Wildman–Crippen MR) is 81.7 cm³/mol. The van der Waals surface area contributed by atoms with Gasteiger partial charge in [-0.05, 0) is 43.9 Å². The third-order valence-corrected chi connectivity index (χ3v) is 4.23. The molecule has 1 fully saturated rings. The molecule has 0 aromatic carbocycles. The van der Waals surface area contributed by atoms with Crippen LogP contribution in [0.4, 0.5) is 0 Å². The molecule has 1 N–H and O–H groups in total. The fourth-order valence-corrected chi connectivity index (χ4v) is 2.86. The van der Waals surface area contributed by atoms with E-state index >= 15 is 0 Å². The SMILES string of the molecule is CC1CCC(CO)CN1C(=O)c1cc(-n2cccn2)ccn1. The van der Waals surface area contributed by atoms with Crippen LogP contribution in [0.15, 0.2) is 36.8 Å². The maximum atomic E-state index is 12.7. The predicted octanol–water partition coefficient (Wildman–Crippen LogP) is 1.50. The number of likely N-dealkylation sites (tertiary alicyclic amines) is 1. The first-order valence-corrected chi connectivity index (χ1v) is 7.57. The molecule has 2 atom stereocenters. The van der Waals surface area contributed by atoms with Crippen molar-refractivity contribution in [2.45, 2.75) is 25.8 Å². The van der Waals surface area contributed by atoms with Crippen LogP contribution in [0.25, 0.3) is 5.69 Å². The highest BCUT2D eigenvalue weighted by Crippen LogP contribution is 2.23. The second-order valence-corrected chi connectivity index (χ2v) is 5.78. The third-order valence-electron chi connectivity index (χ3n) is 4.23. The highest BCUT2D eigenvalue weighted by Gasteiger charge is 2.29. The van der Waals surface area contributed by atoms with Crippen molar-refractivity contribution in [3.63, 3.8) is 0 Å². The van der Waals surface area contributed by atoms with E-state index in [1.165, 1.54) is 0 Å². The van der Waals surface area contributed by atoms with Gasteiger partial charge in [-0.2, -0.15) is 5.10 Å². The van der Waals surface area contributed by atoms with Crippen LogP contribution in [0.1, 0.15) is 30.3 Å². The Hall–Kier alpha value is -2.21. The minimum absolute atomic E-state index is 0.0837. The summed E-state index contributed by atoms with van der Waals surface area (Å²) in [5, 5.41) is 13.5. The number of piperidine rings is 1. The van der Waals surface area contributed by atoms with Gasteiger partial charge in [0.1, 0.15) is 5.69 Å². The molecule has 1 aliphatic rings. The van der Waals surface area contributed by atoms with Crippen molar-refractivity contribution in [2.75, 3.05) is 13.2 Å². The molecule has 3 heterocycles. The lowest BCUT2D eigenvalue weighted by atomic mass is 9.94. The molecular formula is C16H20N4O2.